The monoisotopic (exact) mass is 241 g/mol. The number of benzene rings is 1. The molecule has 0 aliphatic heterocycles. The topological polar surface area (TPSA) is 12.0 Å². The zero-order chi connectivity index (χ0) is 11.5. The van der Waals surface area contributed by atoms with Crippen LogP contribution in [0, 0.1) is 11.7 Å². The molecule has 0 heterocycles. The van der Waals surface area contributed by atoms with Crippen molar-refractivity contribution in [2.45, 2.75) is 38.6 Å². The van der Waals surface area contributed by atoms with E-state index in [1.165, 1.54) is 18.9 Å². The van der Waals surface area contributed by atoms with E-state index in [0.29, 0.717) is 16.8 Å². The largest absolute Gasteiger partial charge is 0.380 e. The minimum absolute atomic E-state index is 0.219. The van der Waals surface area contributed by atoms with Gasteiger partial charge in [0, 0.05) is 11.1 Å². The second-order valence-corrected chi connectivity index (χ2v) is 5.16. The van der Waals surface area contributed by atoms with Gasteiger partial charge in [-0.15, -0.1) is 0 Å². The van der Waals surface area contributed by atoms with Crippen LogP contribution in [0.4, 0.5) is 10.1 Å². The molecule has 1 aromatic carbocycles. The Balaban J connectivity index is 2.00. The quantitative estimate of drug-likeness (QED) is 0.806. The van der Waals surface area contributed by atoms with Crippen LogP contribution in [0.5, 0.6) is 0 Å². The highest BCUT2D eigenvalue weighted by Gasteiger charge is 2.18. The Labute approximate surface area is 101 Å². The van der Waals surface area contributed by atoms with E-state index >= 15 is 0 Å². The highest BCUT2D eigenvalue weighted by molar-refractivity contribution is 6.30. The second-order valence-electron chi connectivity index (χ2n) is 4.73. The van der Waals surface area contributed by atoms with E-state index in [0.717, 1.165) is 18.8 Å². The van der Waals surface area contributed by atoms with E-state index in [-0.39, 0.29) is 5.82 Å². The van der Waals surface area contributed by atoms with Gasteiger partial charge >= 0.3 is 0 Å². The maximum atomic E-state index is 13.5. The third kappa shape index (κ3) is 2.88. The Morgan fingerprint density at radius 2 is 1.94 bits per heavy atom. The molecule has 0 amide bonds. The average Bonchev–Trinajstić information content (AvgIpc) is 2.27. The molecule has 1 nitrogen and oxygen atoms in total. The van der Waals surface area contributed by atoms with Crippen LogP contribution in [-0.2, 0) is 0 Å². The molecule has 0 aromatic heterocycles. The van der Waals surface area contributed by atoms with Crippen molar-refractivity contribution in [1.82, 2.24) is 0 Å². The third-order valence-electron chi connectivity index (χ3n) is 3.30. The fraction of sp³-hybridized carbons (Fsp3) is 0.538. The van der Waals surface area contributed by atoms with Crippen molar-refractivity contribution in [1.29, 1.82) is 0 Å². The van der Waals surface area contributed by atoms with Crippen LogP contribution in [-0.4, -0.2) is 6.04 Å². The minimum Gasteiger partial charge on any atom is -0.380 e. The van der Waals surface area contributed by atoms with E-state index in [1.54, 1.807) is 12.1 Å². The molecule has 0 unspecified atom stereocenters. The second kappa shape index (κ2) is 5.05. The van der Waals surface area contributed by atoms with Crippen LogP contribution in [0.2, 0.25) is 5.02 Å². The lowest BCUT2D eigenvalue weighted by molar-refractivity contribution is 0.360. The molecular formula is C13H17ClFN. The van der Waals surface area contributed by atoms with Gasteiger partial charge in [0.15, 0.2) is 0 Å². The number of hydrogen-bond acceptors (Lipinski definition) is 1. The average molecular weight is 242 g/mol. The number of nitrogens with one attached hydrogen (secondary N) is 1. The predicted octanol–water partition coefficient (Wildman–Crippen LogP) is 4.47. The van der Waals surface area contributed by atoms with Crippen molar-refractivity contribution in [2.75, 3.05) is 5.32 Å². The molecule has 1 saturated carbocycles. The van der Waals surface area contributed by atoms with Gasteiger partial charge in [-0.1, -0.05) is 18.5 Å². The van der Waals surface area contributed by atoms with Gasteiger partial charge in [-0.05, 0) is 49.8 Å². The molecule has 0 atom stereocenters. The standard InChI is InChI=1S/C13H17ClFN/c1-9-2-5-11(6-3-9)16-13-8-10(14)4-7-12(13)15/h4,7-9,11,16H,2-3,5-6H2,1H3. The maximum Gasteiger partial charge on any atom is 0.146 e. The molecule has 0 bridgehead atoms. The normalized spacial score (nSPS) is 25.4. The van der Waals surface area contributed by atoms with Crippen LogP contribution in [0.3, 0.4) is 0 Å². The lowest BCUT2D eigenvalue weighted by atomic mass is 9.87. The summed E-state index contributed by atoms with van der Waals surface area (Å²) in [4.78, 5) is 0. The molecule has 1 aliphatic carbocycles. The summed E-state index contributed by atoms with van der Waals surface area (Å²) in [6.45, 7) is 2.27. The first-order valence-electron chi connectivity index (χ1n) is 5.87. The number of halogens is 2. The predicted molar refractivity (Wildman–Crippen MR) is 66.5 cm³/mol. The molecule has 0 radical (unpaired) electrons. The van der Waals surface area contributed by atoms with Crippen LogP contribution in [0.15, 0.2) is 18.2 Å². The molecule has 0 saturated heterocycles. The summed E-state index contributed by atoms with van der Waals surface area (Å²) in [6, 6.07) is 5.04. The summed E-state index contributed by atoms with van der Waals surface area (Å²) in [5.41, 5.74) is 0.534. The first kappa shape index (κ1) is 11.7. The van der Waals surface area contributed by atoms with Crippen LogP contribution in [0.25, 0.3) is 0 Å². The van der Waals surface area contributed by atoms with Gasteiger partial charge in [0.1, 0.15) is 5.82 Å². The van der Waals surface area contributed by atoms with E-state index < -0.39 is 0 Å². The molecule has 1 fully saturated rings. The van der Waals surface area contributed by atoms with Crippen molar-refractivity contribution in [2.24, 2.45) is 5.92 Å². The summed E-state index contributed by atoms with van der Waals surface area (Å²) >= 11 is 5.85. The molecule has 88 valence electrons. The summed E-state index contributed by atoms with van der Waals surface area (Å²) in [6.07, 6.45) is 4.68. The van der Waals surface area contributed by atoms with E-state index in [2.05, 4.69) is 12.2 Å². The van der Waals surface area contributed by atoms with Gasteiger partial charge in [0.2, 0.25) is 0 Å². The highest BCUT2D eigenvalue weighted by atomic mass is 35.5. The fourth-order valence-electron chi connectivity index (χ4n) is 2.23. The number of hydrogen-bond donors (Lipinski definition) is 1. The molecule has 16 heavy (non-hydrogen) atoms. The van der Waals surface area contributed by atoms with Crippen LogP contribution in [0.1, 0.15) is 32.6 Å². The highest BCUT2D eigenvalue weighted by Crippen LogP contribution is 2.27. The van der Waals surface area contributed by atoms with Crippen molar-refractivity contribution >= 4 is 17.3 Å². The Kier molecular flexibility index (Phi) is 3.70. The van der Waals surface area contributed by atoms with Gasteiger partial charge < -0.3 is 5.32 Å². The molecule has 2 rings (SSSR count). The van der Waals surface area contributed by atoms with Gasteiger partial charge in [0.05, 0.1) is 5.69 Å². The Morgan fingerprint density at radius 3 is 2.62 bits per heavy atom. The third-order valence-corrected chi connectivity index (χ3v) is 3.54. The van der Waals surface area contributed by atoms with Gasteiger partial charge in [-0.3, -0.25) is 0 Å². The summed E-state index contributed by atoms with van der Waals surface area (Å²) < 4.78 is 13.5. The summed E-state index contributed by atoms with van der Waals surface area (Å²) in [5, 5.41) is 3.83. The Bertz CT molecular complexity index is 359. The molecule has 1 N–H and O–H groups in total. The van der Waals surface area contributed by atoms with Crippen molar-refractivity contribution in [3.05, 3.63) is 29.0 Å². The molecule has 3 heteroatoms. The first-order valence-corrected chi connectivity index (χ1v) is 6.24. The Hall–Kier alpha value is -0.760. The maximum absolute atomic E-state index is 13.5. The van der Waals surface area contributed by atoms with Crippen LogP contribution < -0.4 is 5.32 Å². The minimum atomic E-state index is -0.219. The van der Waals surface area contributed by atoms with Gasteiger partial charge in [0.25, 0.3) is 0 Å². The zero-order valence-corrected chi connectivity index (χ0v) is 10.2. The Morgan fingerprint density at radius 1 is 1.25 bits per heavy atom. The SMILES string of the molecule is CC1CCC(Nc2cc(Cl)ccc2F)CC1. The lowest BCUT2D eigenvalue weighted by Crippen LogP contribution is -2.25. The van der Waals surface area contributed by atoms with Crippen LogP contribution >= 0.6 is 11.6 Å². The summed E-state index contributed by atoms with van der Waals surface area (Å²) in [5.74, 6) is 0.588. The van der Waals surface area contributed by atoms with E-state index in [1.807, 2.05) is 0 Å². The summed E-state index contributed by atoms with van der Waals surface area (Å²) in [7, 11) is 0. The molecular weight excluding hydrogens is 225 g/mol. The fourth-order valence-corrected chi connectivity index (χ4v) is 2.40. The number of anilines is 1. The van der Waals surface area contributed by atoms with Gasteiger partial charge in [-0.2, -0.15) is 0 Å². The molecule has 1 aromatic rings. The van der Waals surface area contributed by atoms with Crippen molar-refractivity contribution < 1.29 is 4.39 Å². The zero-order valence-electron chi connectivity index (χ0n) is 9.47. The van der Waals surface area contributed by atoms with Crippen molar-refractivity contribution in [3.63, 3.8) is 0 Å². The molecule has 1 aliphatic rings. The van der Waals surface area contributed by atoms with E-state index in [4.69, 9.17) is 11.6 Å². The van der Waals surface area contributed by atoms with Gasteiger partial charge in [-0.25, -0.2) is 4.39 Å². The number of rotatable bonds is 2. The first-order chi connectivity index (χ1) is 7.65. The van der Waals surface area contributed by atoms with Crippen molar-refractivity contribution in [3.8, 4) is 0 Å². The molecule has 0 spiro atoms. The lowest BCUT2D eigenvalue weighted by Gasteiger charge is -2.27. The smallest absolute Gasteiger partial charge is 0.146 e. The van der Waals surface area contributed by atoms with E-state index in [9.17, 15) is 4.39 Å².